The fraction of sp³-hybridized carbons (Fsp3) is 0.520. The normalized spacial score (nSPS) is 23.9. The molecule has 2 fully saturated rings. The van der Waals surface area contributed by atoms with Crippen LogP contribution in [-0.4, -0.2) is 78.2 Å². The summed E-state index contributed by atoms with van der Waals surface area (Å²) in [5.74, 6) is 1.79. The number of benzene rings is 1. The minimum Gasteiger partial charge on any atom is -0.482 e. The van der Waals surface area contributed by atoms with Crippen LogP contribution in [0.4, 0.5) is 19.0 Å². The Kier molecular flexibility index (Phi) is 6.48. The number of likely N-dealkylation sites (tertiary alicyclic amines) is 1. The predicted molar refractivity (Wildman–Crippen MR) is 124 cm³/mol. The van der Waals surface area contributed by atoms with Crippen molar-refractivity contribution < 1.29 is 27.4 Å². The third-order valence-corrected chi connectivity index (χ3v) is 7.09. The largest absolute Gasteiger partial charge is 0.482 e. The van der Waals surface area contributed by atoms with Gasteiger partial charge in [0.2, 0.25) is 6.10 Å². The molecule has 0 aliphatic carbocycles. The summed E-state index contributed by atoms with van der Waals surface area (Å²) in [6.45, 7) is 6.24. The first-order chi connectivity index (χ1) is 16.8. The van der Waals surface area contributed by atoms with Gasteiger partial charge < -0.3 is 19.3 Å². The highest BCUT2D eigenvalue weighted by Gasteiger charge is 2.39. The van der Waals surface area contributed by atoms with E-state index in [-0.39, 0.29) is 12.0 Å². The highest BCUT2D eigenvalue weighted by Crippen LogP contribution is 2.34. The number of para-hydroxylation sites is 2. The number of halogens is 3. The molecule has 0 bridgehead atoms. The number of rotatable bonds is 3. The van der Waals surface area contributed by atoms with Crippen LogP contribution in [0.5, 0.6) is 11.5 Å². The Bertz CT molecular complexity index is 1030. The fourth-order valence-electron chi connectivity index (χ4n) is 5.08. The van der Waals surface area contributed by atoms with Gasteiger partial charge in [0, 0.05) is 51.5 Å². The lowest BCUT2D eigenvalue weighted by Crippen LogP contribution is -2.56. The number of hydrogen-bond acceptors (Lipinski definition) is 6. The molecule has 0 spiro atoms. The molecule has 10 heteroatoms. The first-order valence-electron chi connectivity index (χ1n) is 12.0. The molecule has 0 saturated carbocycles. The van der Waals surface area contributed by atoms with Crippen LogP contribution in [-0.2, 0) is 11.0 Å². The predicted octanol–water partition coefficient (Wildman–Crippen LogP) is 3.44. The average Bonchev–Trinajstić information content (AvgIpc) is 2.88. The zero-order valence-electron chi connectivity index (χ0n) is 19.6. The lowest BCUT2D eigenvalue weighted by atomic mass is 10.0. The number of alkyl halides is 3. The lowest BCUT2D eigenvalue weighted by Gasteiger charge is -2.44. The molecule has 0 N–H and O–H groups in total. The summed E-state index contributed by atoms with van der Waals surface area (Å²) in [5, 5.41) is 0. The molecule has 2 atom stereocenters. The second-order valence-corrected chi connectivity index (χ2v) is 9.29. The molecule has 0 radical (unpaired) electrons. The summed E-state index contributed by atoms with van der Waals surface area (Å²) >= 11 is 0. The summed E-state index contributed by atoms with van der Waals surface area (Å²) in [6, 6.07) is 10.3. The topological polar surface area (TPSA) is 58.1 Å². The van der Waals surface area contributed by atoms with E-state index >= 15 is 0 Å². The summed E-state index contributed by atoms with van der Waals surface area (Å²) in [4.78, 5) is 23.5. The number of ether oxygens (including phenoxy) is 2. The van der Waals surface area contributed by atoms with Gasteiger partial charge in [-0.05, 0) is 44.0 Å². The Labute approximate surface area is 202 Å². The fourth-order valence-corrected chi connectivity index (χ4v) is 5.08. The first kappa shape index (κ1) is 23.7. The van der Waals surface area contributed by atoms with Crippen molar-refractivity contribution in [3.05, 3.63) is 48.2 Å². The smallest absolute Gasteiger partial charge is 0.417 e. The molecule has 1 amide bonds. The Morgan fingerprint density at radius 3 is 2.20 bits per heavy atom. The van der Waals surface area contributed by atoms with Gasteiger partial charge in [-0.2, -0.15) is 13.2 Å². The third kappa shape index (κ3) is 5.03. The zero-order valence-corrected chi connectivity index (χ0v) is 19.6. The van der Waals surface area contributed by atoms with E-state index in [1.54, 1.807) is 0 Å². The van der Waals surface area contributed by atoms with Gasteiger partial charge in [-0.1, -0.05) is 12.1 Å². The number of anilines is 1. The van der Waals surface area contributed by atoms with E-state index in [9.17, 15) is 18.0 Å². The summed E-state index contributed by atoms with van der Waals surface area (Å²) < 4.78 is 50.2. The molecule has 1 aromatic heterocycles. The summed E-state index contributed by atoms with van der Waals surface area (Å²) in [6.07, 6.45) is -2.73. The SMILES string of the molecule is C[C@@H]1Oc2ccccc2O[C@H]1C(=O)N1CCC(N2CCN(c3ccc(C(F)(F)F)cn3)CC2)CC1. The van der Waals surface area contributed by atoms with Gasteiger partial charge in [0.05, 0.1) is 5.56 Å². The molecule has 0 unspecified atom stereocenters. The van der Waals surface area contributed by atoms with Crippen molar-refractivity contribution in [1.82, 2.24) is 14.8 Å². The number of aromatic nitrogens is 1. The second-order valence-electron chi connectivity index (χ2n) is 9.29. The Hall–Kier alpha value is -3.01. The van der Waals surface area contributed by atoms with Crippen molar-refractivity contribution in [3.8, 4) is 11.5 Å². The maximum absolute atomic E-state index is 13.2. The number of carbonyl (C=O) groups is 1. The third-order valence-electron chi connectivity index (χ3n) is 7.09. The Balaban J connectivity index is 1.11. The molecule has 2 aromatic rings. The molecule has 188 valence electrons. The molecule has 1 aromatic carbocycles. The van der Waals surface area contributed by atoms with E-state index < -0.39 is 17.8 Å². The van der Waals surface area contributed by atoms with Crippen molar-refractivity contribution in [1.29, 1.82) is 0 Å². The number of carbonyl (C=O) groups excluding carboxylic acids is 1. The van der Waals surface area contributed by atoms with E-state index in [1.807, 2.05) is 41.0 Å². The molecular formula is C25H29F3N4O3. The number of nitrogens with zero attached hydrogens (tertiary/aromatic N) is 4. The number of fused-ring (bicyclic) bond motifs is 1. The number of hydrogen-bond donors (Lipinski definition) is 0. The quantitative estimate of drug-likeness (QED) is 0.657. The Morgan fingerprint density at radius 2 is 1.60 bits per heavy atom. The standard InChI is InChI=1S/C25H29F3N4O3/c1-17-23(35-21-5-3-2-4-20(21)34-17)24(33)32-10-8-19(9-11-32)30-12-14-31(15-13-30)22-7-6-18(16-29-22)25(26,27)28/h2-7,16-17,19,23H,8-15H2,1H3/t17-,23+/m0/s1. The Morgan fingerprint density at radius 1 is 0.943 bits per heavy atom. The zero-order chi connectivity index (χ0) is 24.6. The van der Waals surface area contributed by atoms with E-state index in [4.69, 9.17) is 9.47 Å². The minimum atomic E-state index is -4.38. The average molecular weight is 491 g/mol. The van der Waals surface area contributed by atoms with Gasteiger partial charge >= 0.3 is 6.18 Å². The van der Waals surface area contributed by atoms with Gasteiger partial charge in [0.15, 0.2) is 11.5 Å². The molecule has 2 saturated heterocycles. The molecular weight excluding hydrogens is 461 g/mol. The maximum Gasteiger partial charge on any atom is 0.417 e. The molecule has 4 heterocycles. The van der Waals surface area contributed by atoms with Crippen molar-refractivity contribution >= 4 is 11.7 Å². The monoisotopic (exact) mass is 490 g/mol. The van der Waals surface area contributed by atoms with Gasteiger partial charge in [-0.3, -0.25) is 9.69 Å². The van der Waals surface area contributed by atoms with Crippen molar-refractivity contribution in [2.24, 2.45) is 0 Å². The van der Waals surface area contributed by atoms with E-state index in [1.165, 1.54) is 6.07 Å². The number of piperidine rings is 1. The first-order valence-corrected chi connectivity index (χ1v) is 12.0. The van der Waals surface area contributed by atoms with Crippen LogP contribution in [0.2, 0.25) is 0 Å². The van der Waals surface area contributed by atoms with Gasteiger partial charge in [-0.25, -0.2) is 4.98 Å². The highest BCUT2D eigenvalue weighted by atomic mass is 19.4. The molecule has 35 heavy (non-hydrogen) atoms. The molecule has 5 rings (SSSR count). The van der Waals surface area contributed by atoms with Gasteiger partial charge in [-0.15, -0.1) is 0 Å². The number of amides is 1. The van der Waals surface area contributed by atoms with Crippen LogP contribution in [0, 0.1) is 0 Å². The van der Waals surface area contributed by atoms with Crippen molar-refractivity contribution in [2.45, 2.75) is 44.2 Å². The van der Waals surface area contributed by atoms with Crippen molar-refractivity contribution in [3.63, 3.8) is 0 Å². The van der Waals surface area contributed by atoms with Crippen molar-refractivity contribution in [2.75, 3.05) is 44.2 Å². The van der Waals surface area contributed by atoms with Gasteiger partial charge in [0.25, 0.3) is 5.91 Å². The van der Waals surface area contributed by atoms with Gasteiger partial charge in [0.1, 0.15) is 11.9 Å². The van der Waals surface area contributed by atoms with Crippen LogP contribution in [0.25, 0.3) is 0 Å². The minimum absolute atomic E-state index is 0.0383. The maximum atomic E-state index is 13.2. The van der Waals surface area contributed by atoms with E-state index in [0.717, 1.165) is 38.2 Å². The van der Waals surface area contributed by atoms with Crippen LogP contribution < -0.4 is 14.4 Å². The van der Waals surface area contributed by atoms with Crippen LogP contribution >= 0.6 is 0 Å². The van der Waals surface area contributed by atoms with E-state index in [2.05, 4.69) is 9.88 Å². The number of piperazine rings is 1. The summed E-state index contributed by atoms with van der Waals surface area (Å²) in [5.41, 5.74) is -0.731. The molecule has 3 aliphatic heterocycles. The summed E-state index contributed by atoms with van der Waals surface area (Å²) in [7, 11) is 0. The van der Waals surface area contributed by atoms with Crippen LogP contribution in [0.3, 0.4) is 0 Å². The molecule has 7 nitrogen and oxygen atoms in total. The van der Waals surface area contributed by atoms with Crippen LogP contribution in [0.1, 0.15) is 25.3 Å². The van der Waals surface area contributed by atoms with E-state index in [0.29, 0.717) is 49.5 Å². The number of pyridine rings is 1. The van der Waals surface area contributed by atoms with Crippen LogP contribution in [0.15, 0.2) is 42.6 Å². The molecule has 3 aliphatic rings. The lowest BCUT2D eigenvalue weighted by molar-refractivity contribution is -0.146. The highest BCUT2D eigenvalue weighted by molar-refractivity contribution is 5.82. The second kappa shape index (κ2) is 9.56.